The molecule has 1 aromatic heterocycles. The van der Waals surface area contributed by atoms with E-state index in [1.54, 1.807) is 6.07 Å². The van der Waals surface area contributed by atoms with Crippen molar-refractivity contribution in [3.05, 3.63) is 51.9 Å². The largest absolute Gasteiger partial charge is 0.472 e. The number of benzene rings is 1. The quantitative estimate of drug-likeness (QED) is 0.901. The fourth-order valence-corrected chi connectivity index (χ4v) is 3.92. The third kappa shape index (κ3) is 3.25. The minimum Gasteiger partial charge on any atom is -0.472 e. The van der Waals surface area contributed by atoms with E-state index < -0.39 is 10.0 Å². The van der Waals surface area contributed by atoms with Crippen LogP contribution in [0.2, 0.25) is 10.0 Å². The molecule has 0 bridgehead atoms. The van der Waals surface area contributed by atoms with Crippen LogP contribution in [0.25, 0.3) is 0 Å². The van der Waals surface area contributed by atoms with Gasteiger partial charge in [-0.3, -0.25) is 0 Å². The highest BCUT2D eigenvalue weighted by atomic mass is 35.5. The highest BCUT2D eigenvalue weighted by Gasteiger charge is 2.26. The molecular weight excluding hydrogens is 335 g/mol. The molecule has 0 amide bonds. The van der Waals surface area contributed by atoms with Gasteiger partial charge in [-0.2, -0.15) is 4.31 Å². The molecule has 1 aromatic carbocycles. The SMILES string of the molecule is CN(Cc1ccoc1)S(=O)(=O)c1ccc(Cl)c(CN)c1Cl. The number of nitrogens with two attached hydrogens (primary N) is 1. The predicted molar refractivity (Wildman–Crippen MR) is 81.7 cm³/mol. The highest BCUT2D eigenvalue weighted by Crippen LogP contribution is 2.32. The van der Waals surface area contributed by atoms with E-state index in [1.165, 1.54) is 36.0 Å². The molecule has 0 unspecified atom stereocenters. The van der Waals surface area contributed by atoms with Gasteiger partial charge in [-0.05, 0) is 18.2 Å². The van der Waals surface area contributed by atoms with Crippen LogP contribution in [-0.2, 0) is 23.1 Å². The van der Waals surface area contributed by atoms with E-state index >= 15 is 0 Å². The van der Waals surface area contributed by atoms with Crippen LogP contribution in [0, 0.1) is 0 Å². The lowest BCUT2D eigenvalue weighted by molar-refractivity contribution is 0.463. The van der Waals surface area contributed by atoms with Crippen molar-refractivity contribution in [2.24, 2.45) is 5.73 Å². The Labute approximate surface area is 133 Å². The number of furan rings is 1. The molecule has 0 fully saturated rings. The second-order valence-electron chi connectivity index (χ2n) is 4.43. The summed E-state index contributed by atoms with van der Waals surface area (Å²) in [7, 11) is -2.28. The second kappa shape index (κ2) is 6.37. The fourth-order valence-electron chi connectivity index (χ4n) is 1.86. The summed E-state index contributed by atoms with van der Waals surface area (Å²) in [5, 5.41) is 0.406. The molecule has 0 atom stereocenters. The first-order valence-corrected chi connectivity index (χ1v) is 8.22. The summed E-state index contributed by atoms with van der Waals surface area (Å²) in [4.78, 5) is -0.0139. The normalized spacial score (nSPS) is 12.0. The summed E-state index contributed by atoms with van der Waals surface area (Å²) >= 11 is 12.1. The van der Waals surface area contributed by atoms with Gasteiger partial charge in [-0.25, -0.2) is 8.42 Å². The summed E-state index contributed by atoms with van der Waals surface area (Å²) in [5.74, 6) is 0. The number of rotatable bonds is 5. The monoisotopic (exact) mass is 348 g/mol. The maximum Gasteiger partial charge on any atom is 0.244 e. The van der Waals surface area contributed by atoms with E-state index in [0.717, 1.165) is 5.56 Å². The molecule has 0 aliphatic heterocycles. The predicted octanol–water partition coefficient (Wildman–Crippen LogP) is 2.87. The highest BCUT2D eigenvalue weighted by molar-refractivity contribution is 7.89. The van der Waals surface area contributed by atoms with Crippen LogP contribution in [0.1, 0.15) is 11.1 Å². The number of nitrogens with zero attached hydrogens (tertiary/aromatic N) is 1. The van der Waals surface area contributed by atoms with Crippen molar-refractivity contribution >= 4 is 33.2 Å². The Kier molecular flexibility index (Phi) is 4.95. The molecule has 5 nitrogen and oxygen atoms in total. The third-order valence-electron chi connectivity index (χ3n) is 3.03. The maximum absolute atomic E-state index is 12.6. The number of sulfonamides is 1. The number of halogens is 2. The van der Waals surface area contributed by atoms with Crippen molar-refractivity contribution in [3.63, 3.8) is 0 Å². The van der Waals surface area contributed by atoms with E-state index in [4.69, 9.17) is 33.4 Å². The topological polar surface area (TPSA) is 76.5 Å². The lowest BCUT2D eigenvalue weighted by Gasteiger charge is -2.18. The van der Waals surface area contributed by atoms with Gasteiger partial charge in [0.15, 0.2) is 0 Å². The minimum absolute atomic E-state index is 0.0139. The van der Waals surface area contributed by atoms with Gasteiger partial charge in [0.1, 0.15) is 4.90 Å². The molecule has 0 spiro atoms. The molecule has 0 radical (unpaired) electrons. The molecule has 2 rings (SSSR count). The van der Waals surface area contributed by atoms with Gasteiger partial charge < -0.3 is 10.2 Å². The third-order valence-corrected chi connectivity index (χ3v) is 5.77. The standard InChI is InChI=1S/C13H14Cl2N2O3S/c1-17(7-9-4-5-20-8-9)21(18,19)12-3-2-11(14)10(6-16)13(12)15/h2-5,8H,6-7,16H2,1H3. The molecule has 1 heterocycles. The van der Waals surface area contributed by atoms with Crippen LogP contribution >= 0.6 is 23.2 Å². The zero-order valence-electron chi connectivity index (χ0n) is 11.2. The zero-order valence-corrected chi connectivity index (χ0v) is 13.5. The molecule has 0 saturated carbocycles. The number of hydrogen-bond donors (Lipinski definition) is 1. The maximum atomic E-state index is 12.6. The lowest BCUT2D eigenvalue weighted by Crippen LogP contribution is -2.27. The van der Waals surface area contributed by atoms with Crippen LogP contribution in [-0.4, -0.2) is 19.8 Å². The molecule has 21 heavy (non-hydrogen) atoms. The summed E-state index contributed by atoms with van der Waals surface area (Å²) in [6.45, 7) is 0.238. The van der Waals surface area contributed by atoms with Crippen molar-refractivity contribution in [1.82, 2.24) is 4.31 Å². The van der Waals surface area contributed by atoms with Crippen LogP contribution in [0.3, 0.4) is 0 Å². The van der Waals surface area contributed by atoms with Crippen LogP contribution in [0.15, 0.2) is 40.0 Å². The average molecular weight is 349 g/mol. The Bertz CT molecular complexity index is 730. The van der Waals surface area contributed by atoms with Crippen molar-refractivity contribution in [2.45, 2.75) is 18.0 Å². The van der Waals surface area contributed by atoms with Crippen LogP contribution < -0.4 is 5.73 Å². The van der Waals surface area contributed by atoms with E-state index in [2.05, 4.69) is 0 Å². The van der Waals surface area contributed by atoms with Crippen molar-refractivity contribution < 1.29 is 12.8 Å². The minimum atomic E-state index is -3.75. The molecule has 2 N–H and O–H groups in total. The smallest absolute Gasteiger partial charge is 0.244 e. The van der Waals surface area contributed by atoms with Gasteiger partial charge in [-0.15, -0.1) is 0 Å². The van der Waals surface area contributed by atoms with Gasteiger partial charge in [-0.1, -0.05) is 23.2 Å². The fraction of sp³-hybridized carbons (Fsp3) is 0.231. The van der Waals surface area contributed by atoms with Crippen molar-refractivity contribution in [2.75, 3.05) is 7.05 Å². The van der Waals surface area contributed by atoms with E-state index in [-0.39, 0.29) is 23.0 Å². The average Bonchev–Trinajstić information content (AvgIpc) is 2.91. The Morgan fingerprint density at radius 3 is 2.57 bits per heavy atom. The van der Waals surface area contributed by atoms with Gasteiger partial charge in [0.25, 0.3) is 0 Å². The first-order valence-electron chi connectivity index (χ1n) is 6.02. The Balaban J connectivity index is 2.40. The van der Waals surface area contributed by atoms with Crippen LogP contribution in [0.4, 0.5) is 0 Å². The Hall–Kier alpha value is -1.05. The molecular formula is C13H14Cl2N2O3S. The summed E-state index contributed by atoms with van der Waals surface area (Å²) in [6.07, 6.45) is 2.97. The Morgan fingerprint density at radius 2 is 2.00 bits per heavy atom. The molecule has 8 heteroatoms. The van der Waals surface area contributed by atoms with E-state index in [9.17, 15) is 8.42 Å². The van der Waals surface area contributed by atoms with Gasteiger partial charge >= 0.3 is 0 Å². The first-order chi connectivity index (χ1) is 9.87. The zero-order chi connectivity index (χ0) is 15.6. The Morgan fingerprint density at radius 1 is 1.29 bits per heavy atom. The van der Waals surface area contributed by atoms with E-state index in [0.29, 0.717) is 10.6 Å². The summed E-state index contributed by atoms with van der Waals surface area (Å²) < 4.78 is 31.3. The van der Waals surface area contributed by atoms with Crippen LogP contribution in [0.5, 0.6) is 0 Å². The molecule has 114 valence electrons. The summed E-state index contributed by atoms with van der Waals surface area (Å²) in [6, 6.07) is 4.56. The second-order valence-corrected chi connectivity index (χ2v) is 7.23. The van der Waals surface area contributed by atoms with Gasteiger partial charge in [0.05, 0.1) is 17.5 Å². The lowest BCUT2D eigenvalue weighted by atomic mass is 10.2. The van der Waals surface area contributed by atoms with Crippen molar-refractivity contribution in [1.29, 1.82) is 0 Å². The van der Waals surface area contributed by atoms with Gasteiger partial charge in [0.2, 0.25) is 10.0 Å². The number of hydrogen-bond acceptors (Lipinski definition) is 4. The molecule has 0 aliphatic carbocycles. The first kappa shape index (κ1) is 16.3. The van der Waals surface area contributed by atoms with E-state index in [1.807, 2.05) is 0 Å². The molecule has 0 aliphatic rings. The summed E-state index contributed by atoms with van der Waals surface area (Å²) in [5.41, 5.74) is 6.71. The molecule has 2 aromatic rings. The van der Waals surface area contributed by atoms with Gasteiger partial charge in [0, 0.05) is 36.3 Å². The van der Waals surface area contributed by atoms with Crippen molar-refractivity contribution in [3.8, 4) is 0 Å². The molecule has 0 saturated heterocycles.